The van der Waals surface area contributed by atoms with Gasteiger partial charge in [0.15, 0.2) is 0 Å². The number of aromatic nitrogens is 1. The maximum Gasteiger partial charge on any atom is 0.243 e. The third kappa shape index (κ3) is 4.99. The number of nitrogens with zero attached hydrogens (tertiary/aromatic N) is 1. The Hall–Kier alpha value is -1.42. The van der Waals surface area contributed by atoms with Crippen molar-refractivity contribution in [1.29, 1.82) is 0 Å². The SMILES string of the molecule is NC(=O)COCCNS(=O)(=O)c1cnc(N)c(Cl)c1. The third-order valence-corrected chi connectivity index (χ3v) is 3.67. The molecule has 8 nitrogen and oxygen atoms in total. The molecular formula is C9H13ClN4O4S. The second-order valence-electron chi connectivity index (χ2n) is 3.45. The van der Waals surface area contributed by atoms with Crippen molar-refractivity contribution in [3.05, 3.63) is 17.3 Å². The molecule has 0 atom stereocenters. The summed E-state index contributed by atoms with van der Waals surface area (Å²) in [4.78, 5) is 13.9. The monoisotopic (exact) mass is 308 g/mol. The molecule has 1 aromatic rings. The maximum atomic E-state index is 11.8. The number of ether oxygens (including phenoxy) is 1. The van der Waals surface area contributed by atoms with Gasteiger partial charge >= 0.3 is 0 Å². The van der Waals surface area contributed by atoms with Crippen molar-refractivity contribution in [3.8, 4) is 0 Å². The molecule has 1 rings (SSSR count). The number of nitrogen functional groups attached to an aromatic ring is 1. The minimum Gasteiger partial charge on any atom is -0.382 e. The number of pyridine rings is 1. The average molecular weight is 309 g/mol. The van der Waals surface area contributed by atoms with Crippen LogP contribution in [0.2, 0.25) is 5.02 Å². The molecule has 1 amide bonds. The van der Waals surface area contributed by atoms with E-state index in [-0.39, 0.29) is 35.5 Å². The van der Waals surface area contributed by atoms with Crippen LogP contribution in [0.15, 0.2) is 17.2 Å². The van der Waals surface area contributed by atoms with E-state index in [1.165, 1.54) is 6.07 Å². The molecule has 0 aromatic carbocycles. The van der Waals surface area contributed by atoms with Gasteiger partial charge in [-0.05, 0) is 6.07 Å². The second kappa shape index (κ2) is 6.66. The molecule has 0 saturated heterocycles. The summed E-state index contributed by atoms with van der Waals surface area (Å²) in [6.45, 7) is -0.271. The highest BCUT2D eigenvalue weighted by Crippen LogP contribution is 2.19. The summed E-state index contributed by atoms with van der Waals surface area (Å²) in [6, 6.07) is 1.19. The Labute approximate surface area is 115 Å². The quantitative estimate of drug-likeness (QED) is 0.558. The molecule has 10 heteroatoms. The van der Waals surface area contributed by atoms with Gasteiger partial charge in [0.05, 0.1) is 11.6 Å². The van der Waals surface area contributed by atoms with Crippen LogP contribution in [-0.4, -0.2) is 39.1 Å². The van der Waals surface area contributed by atoms with Gasteiger partial charge in [-0.2, -0.15) is 0 Å². The predicted molar refractivity (Wildman–Crippen MR) is 68.9 cm³/mol. The van der Waals surface area contributed by atoms with Crippen LogP contribution in [-0.2, 0) is 19.6 Å². The van der Waals surface area contributed by atoms with Gasteiger partial charge < -0.3 is 16.2 Å². The molecule has 0 aliphatic rings. The molecule has 0 saturated carbocycles. The normalized spacial score (nSPS) is 11.4. The lowest BCUT2D eigenvalue weighted by molar-refractivity contribution is -0.122. The minimum atomic E-state index is -3.75. The number of hydrogen-bond donors (Lipinski definition) is 3. The molecule has 0 unspecified atom stereocenters. The highest BCUT2D eigenvalue weighted by molar-refractivity contribution is 7.89. The highest BCUT2D eigenvalue weighted by atomic mass is 35.5. The third-order valence-electron chi connectivity index (χ3n) is 1.94. The standard InChI is InChI=1S/C9H13ClN4O4S/c10-7-3-6(4-13-9(7)12)19(16,17)14-1-2-18-5-8(11)15/h3-4,14H,1-2,5H2,(H2,11,15)(H2,12,13). The van der Waals surface area contributed by atoms with E-state index in [1.54, 1.807) is 0 Å². The van der Waals surface area contributed by atoms with Crippen LogP contribution in [0, 0.1) is 0 Å². The number of carbonyl (C=O) groups is 1. The molecule has 0 bridgehead atoms. The van der Waals surface area contributed by atoms with Crippen LogP contribution in [0.1, 0.15) is 0 Å². The van der Waals surface area contributed by atoms with Crippen LogP contribution in [0.25, 0.3) is 0 Å². The van der Waals surface area contributed by atoms with E-state index in [0.717, 1.165) is 6.20 Å². The van der Waals surface area contributed by atoms with Gasteiger partial charge in [0.25, 0.3) is 0 Å². The molecule has 106 valence electrons. The molecule has 1 aromatic heterocycles. The topological polar surface area (TPSA) is 137 Å². The lowest BCUT2D eigenvalue weighted by atomic mass is 10.5. The number of nitrogens with two attached hydrogens (primary N) is 2. The molecule has 1 heterocycles. The summed E-state index contributed by atoms with van der Waals surface area (Å²) in [6.07, 6.45) is 1.09. The van der Waals surface area contributed by atoms with Crippen molar-refractivity contribution < 1.29 is 17.9 Å². The molecule has 19 heavy (non-hydrogen) atoms. The molecule has 0 aliphatic carbocycles. The van der Waals surface area contributed by atoms with Gasteiger partial charge in [-0.15, -0.1) is 0 Å². The van der Waals surface area contributed by atoms with E-state index in [2.05, 4.69) is 9.71 Å². The Morgan fingerprint density at radius 3 is 2.79 bits per heavy atom. The van der Waals surface area contributed by atoms with E-state index < -0.39 is 15.9 Å². The van der Waals surface area contributed by atoms with Gasteiger partial charge in [-0.3, -0.25) is 4.79 Å². The van der Waals surface area contributed by atoms with Crippen LogP contribution >= 0.6 is 11.6 Å². The maximum absolute atomic E-state index is 11.8. The second-order valence-corrected chi connectivity index (χ2v) is 5.63. The van der Waals surface area contributed by atoms with Gasteiger partial charge in [0.2, 0.25) is 15.9 Å². The lowest BCUT2D eigenvalue weighted by Gasteiger charge is -2.07. The Bertz CT molecular complexity index is 563. The van der Waals surface area contributed by atoms with Crippen LogP contribution in [0.4, 0.5) is 5.82 Å². The lowest BCUT2D eigenvalue weighted by Crippen LogP contribution is -2.29. The number of nitrogens with one attached hydrogen (secondary N) is 1. The van der Waals surface area contributed by atoms with Crippen LogP contribution in [0.3, 0.4) is 0 Å². The number of carbonyl (C=O) groups excluding carboxylic acids is 1. The van der Waals surface area contributed by atoms with Gasteiger partial charge in [-0.1, -0.05) is 11.6 Å². The molecule has 5 N–H and O–H groups in total. The number of sulfonamides is 1. The van der Waals surface area contributed by atoms with Gasteiger partial charge in [0, 0.05) is 12.7 Å². The van der Waals surface area contributed by atoms with Crippen molar-refractivity contribution in [2.24, 2.45) is 5.73 Å². The first-order chi connectivity index (χ1) is 8.83. The zero-order valence-electron chi connectivity index (χ0n) is 9.80. The molecule has 0 spiro atoms. The van der Waals surface area contributed by atoms with Crippen molar-refractivity contribution in [1.82, 2.24) is 9.71 Å². The number of rotatable bonds is 7. The molecule has 0 fully saturated rings. The zero-order valence-corrected chi connectivity index (χ0v) is 11.4. The van der Waals surface area contributed by atoms with Crippen molar-refractivity contribution >= 4 is 33.3 Å². The van der Waals surface area contributed by atoms with Crippen LogP contribution < -0.4 is 16.2 Å². The number of amides is 1. The first-order valence-corrected chi connectivity index (χ1v) is 6.96. The number of halogens is 1. The summed E-state index contributed by atoms with van der Waals surface area (Å²) in [7, 11) is -3.75. The zero-order chi connectivity index (χ0) is 14.5. The van der Waals surface area contributed by atoms with Gasteiger partial charge in [-0.25, -0.2) is 18.1 Å². The van der Waals surface area contributed by atoms with E-state index in [9.17, 15) is 13.2 Å². The van der Waals surface area contributed by atoms with Crippen LogP contribution in [0.5, 0.6) is 0 Å². The summed E-state index contributed by atoms with van der Waals surface area (Å²) in [5, 5.41) is 0.0489. The van der Waals surface area contributed by atoms with Gasteiger partial charge in [0.1, 0.15) is 17.3 Å². The summed E-state index contributed by atoms with van der Waals surface area (Å²) in [5.41, 5.74) is 10.2. The number of primary amides is 1. The summed E-state index contributed by atoms with van der Waals surface area (Å²) < 4.78 is 30.6. The average Bonchev–Trinajstić information content (AvgIpc) is 2.31. The fraction of sp³-hybridized carbons (Fsp3) is 0.333. The summed E-state index contributed by atoms with van der Waals surface area (Å²) >= 11 is 5.68. The Kier molecular flexibility index (Phi) is 5.48. The predicted octanol–water partition coefficient (Wildman–Crippen LogP) is -0.903. The summed E-state index contributed by atoms with van der Waals surface area (Å²) in [5.74, 6) is -0.581. The number of anilines is 1. The minimum absolute atomic E-state index is 0.0122. The first kappa shape index (κ1) is 15.6. The van der Waals surface area contributed by atoms with E-state index in [1.807, 2.05) is 0 Å². The Balaban J connectivity index is 2.56. The smallest absolute Gasteiger partial charge is 0.243 e. The Morgan fingerprint density at radius 2 is 2.21 bits per heavy atom. The Morgan fingerprint density at radius 1 is 1.53 bits per heavy atom. The van der Waals surface area contributed by atoms with E-state index in [0.29, 0.717) is 0 Å². The molecular weight excluding hydrogens is 296 g/mol. The highest BCUT2D eigenvalue weighted by Gasteiger charge is 2.15. The fourth-order valence-electron chi connectivity index (χ4n) is 1.08. The van der Waals surface area contributed by atoms with Crippen molar-refractivity contribution in [3.63, 3.8) is 0 Å². The first-order valence-electron chi connectivity index (χ1n) is 5.09. The molecule has 0 radical (unpaired) electrons. The van der Waals surface area contributed by atoms with Crippen molar-refractivity contribution in [2.75, 3.05) is 25.5 Å². The van der Waals surface area contributed by atoms with E-state index in [4.69, 9.17) is 27.8 Å². The largest absolute Gasteiger partial charge is 0.382 e. The van der Waals surface area contributed by atoms with E-state index >= 15 is 0 Å². The molecule has 0 aliphatic heterocycles. The number of hydrogen-bond acceptors (Lipinski definition) is 6. The van der Waals surface area contributed by atoms with Crippen molar-refractivity contribution in [2.45, 2.75) is 4.90 Å². The fourth-order valence-corrected chi connectivity index (χ4v) is 2.30.